The number of carboxylic acid groups (broad SMARTS) is 1. The molecule has 0 saturated carbocycles. The summed E-state index contributed by atoms with van der Waals surface area (Å²) < 4.78 is 1.14. The number of carbonyl (C=O) groups excluding carboxylic acids is 1. The summed E-state index contributed by atoms with van der Waals surface area (Å²) in [6.07, 6.45) is 3.21. The van der Waals surface area contributed by atoms with Crippen LogP contribution < -0.4 is 5.56 Å². The average Bonchev–Trinajstić information content (AvgIpc) is 2.69. The second-order valence-corrected chi connectivity index (χ2v) is 7.34. The number of carbonyl (C=O) groups is 2. The molecule has 1 atom stereocenters. The fourth-order valence-electron chi connectivity index (χ4n) is 3.11. The average molecular weight is 387 g/mol. The molecule has 1 aliphatic heterocycles. The molecule has 0 bridgehead atoms. The number of nitrogens with zero attached hydrogens (tertiary/aromatic N) is 3. The summed E-state index contributed by atoms with van der Waals surface area (Å²) in [6.45, 7) is 0.494. The summed E-state index contributed by atoms with van der Waals surface area (Å²) >= 11 is 1.64. The summed E-state index contributed by atoms with van der Waals surface area (Å²) in [5.41, 5.74) is 1.11. The van der Waals surface area contributed by atoms with Crippen molar-refractivity contribution in [1.82, 2.24) is 14.7 Å². The largest absolute Gasteiger partial charge is 0.481 e. The number of piperidine rings is 1. The van der Waals surface area contributed by atoms with E-state index in [4.69, 9.17) is 5.11 Å². The van der Waals surface area contributed by atoms with Gasteiger partial charge in [-0.15, -0.1) is 11.8 Å². The van der Waals surface area contributed by atoms with Crippen LogP contribution in [0.3, 0.4) is 0 Å². The smallest absolute Gasteiger partial charge is 0.308 e. The van der Waals surface area contributed by atoms with Crippen molar-refractivity contribution in [1.29, 1.82) is 0 Å². The van der Waals surface area contributed by atoms with Crippen LogP contribution in [0.2, 0.25) is 0 Å². The fourth-order valence-corrected chi connectivity index (χ4v) is 3.52. The van der Waals surface area contributed by atoms with E-state index >= 15 is 0 Å². The van der Waals surface area contributed by atoms with E-state index in [1.54, 1.807) is 17.8 Å². The SMILES string of the molecule is CSc1ccc(-c2ccc(=O)n(CC(=O)N3CCC[C@@H](C(=O)O)C3)n2)cc1. The number of carboxylic acids is 1. The van der Waals surface area contributed by atoms with Crippen molar-refractivity contribution in [2.75, 3.05) is 19.3 Å². The van der Waals surface area contributed by atoms with E-state index < -0.39 is 11.9 Å². The Morgan fingerprint density at radius 1 is 1.22 bits per heavy atom. The van der Waals surface area contributed by atoms with E-state index in [0.29, 0.717) is 25.1 Å². The zero-order valence-corrected chi connectivity index (χ0v) is 15.8. The van der Waals surface area contributed by atoms with Gasteiger partial charge in [0.2, 0.25) is 5.91 Å². The van der Waals surface area contributed by atoms with Crippen LogP contribution >= 0.6 is 11.8 Å². The van der Waals surface area contributed by atoms with Crippen LogP contribution in [0.5, 0.6) is 0 Å². The van der Waals surface area contributed by atoms with Gasteiger partial charge in [0.1, 0.15) is 6.54 Å². The Balaban J connectivity index is 1.77. The van der Waals surface area contributed by atoms with Gasteiger partial charge < -0.3 is 10.0 Å². The molecule has 0 spiro atoms. The Morgan fingerprint density at radius 2 is 1.96 bits per heavy atom. The lowest BCUT2D eigenvalue weighted by molar-refractivity contribution is -0.145. The Morgan fingerprint density at radius 3 is 2.63 bits per heavy atom. The van der Waals surface area contributed by atoms with E-state index in [-0.39, 0.29) is 24.6 Å². The minimum absolute atomic E-state index is 0.179. The van der Waals surface area contributed by atoms with Gasteiger partial charge in [0.15, 0.2) is 0 Å². The first-order valence-corrected chi connectivity index (χ1v) is 9.93. The predicted molar refractivity (Wildman–Crippen MR) is 103 cm³/mol. The molecule has 1 amide bonds. The van der Waals surface area contributed by atoms with E-state index in [0.717, 1.165) is 15.1 Å². The molecule has 1 N–H and O–H groups in total. The number of likely N-dealkylation sites (tertiary alicyclic amines) is 1. The zero-order chi connectivity index (χ0) is 19.4. The number of hydrogen-bond donors (Lipinski definition) is 1. The molecule has 2 aromatic rings. The highest BCUT2D eigenvalue weighted by molar-refractivity contribution is 7.98. The standard InChI is InChI=1S/C19H21N3O4S/c1-27-15-6-4-13(5-7-15)16-8-9-17(23)22(20-16)12-18(24)21-10-2-3-14(11-21)19(25)26/h4-9,14H,2-3,10-12H2,1H3,(H,25,26)/t14-/m1/s1. The Kier molecular flexibility index (Phi) is 5.95. The van der Waals surface area contributed by atoms with Crippen molar-refractivity contribution in [2.24, 2.45) is 5.92 Å². The fraction of sp³-hybridized carbons (Fsp3) is 0.368. The van der Waals surface area contributed by atoms with Gasteiger partial charge in [-0.25, -0.2) is 4.68 Å². The van der Waals surface area contributed by atoms with Gasteiger partial charge >= 0.3 is 5.97 Å². The summed E-state index contributed by atoms with van der Waals surface area (Å²) in [5.74, 6) is -1.72. The lowest BCUT2D eigenvalue weighted by Gasteiger charge is -2.30. The summed E-state index contributed by atoms with van der Waals surface area (Å²) in [4.78, 5) is 38.5. The third-order valence-electron chi connectivity index (χ3n) is 4.66. The van der Waals surface area contributed by atoms with E-state index in [9.17, 15) is 14.4 Å². The van der Waals surface area contributed by atoms with Crippen molar-refractivity contribution in [2.45, 2.75) is 24.3 Å². The minimum atomic E-state index is -0.890. The van der Waals surface area contributed by atoms with E-state index in [1.807, 2.05) is 30.5 Å². The minimum Gasteiger partial charge on any atom is -0.481 e. The van der Waals surface area contributed by atoms with Gasteiger partial charge in [0.25, 0.3) is 5.56 Å². The van der Waals surface area contributed by atoms with Crippen molar-refractivity contribution in [3.05, 3.63) is 46.8 Å². The lowest BCUT2D eigenvalue weighted by Crippen LogP contribution is -2.44. The molecule has 0 radical (unpaired) electrons. The number of hydrogen-bond acceptors (Lipinski definition) is 5. The molecule has 142 valence electrons. The van der Waals surface area contributed by atoms with Crippen LogP contribution in [0.15, 0.2) is 46.1 Å². The van der Waals surface area contributed by atoms with Crippen molar-refractivity contribution in [3.8, 4) is 11.3 Å². The summed E-state index contributed by atoms with van der Waals surface area (Å²) in [7, 11) is 0. The highest BCUT2D eigenvalue weighted by Gasteiger charge is 2.28. The number of benzene rings is 1. The van der Waals surface area contributed by atoms with Gasteiger partial charge in [-0.05, 0) is 37.3 Å². The van der Waals surface area contributed by atoms with Gasteiger partial charge in [-0.2, -0.15) is 5.10 Å². The molecule has 27 heavy (non-hydrogen) atoms. The molecule has 0 unspecified atom stereocenters. The molecule has 3 rings (SSSR count). The van der Waals surface area contributed by atoms with Gasteiger partial charge in [0.05, 0.1) is 11.6 Å². The van der Waals surface area contributed by atoms with Gasteiger partial charge in [-0.3, -0.25) is 14.4 Å². The predicted octanol–water partition coefficient (Wildman–Crippen LogP) is 1.96. The maximum atomic E-state index is 12.5. The molecular weight excluding hydrogens is 366 g/mol. The number of rotatable bonds is 5. The van der Waals surface area contributed by atoms with Crippen molar-refractivity contribution < 1.29 is 14.7 Å². The van der Waals surface area contributed by atoms with Gasteiger partial charge in [-0.1, -0.05) is 12.1 Å². The molecular formula is C19H21N3O4S. The van der Waals surface area contributed by atoms with Crippen LogP contribution in [0, 0.1) is 5.92 Å². The van der Waals surface area contributed by atoms with Crippen LogP contribution in [0.4, 0.5) is 0 Å². The highest BCUT2D eigenvalue weighted by atomic mass is 32.2. The number of aromatic nitrogens is 2. The highest BCUT2D eigenvalue weighted by Crippen LogP contribution is 2.21. The molecule has 7 nitrogen and oxygen atoms in total. The Bertz CT molecular complexity index is 895. The Labute approximate surface area is 161 Å². The quantitative estimate of drug-likeness (QED) is 0.789. The van der Waals surface area contributed by atoms with E-state index in [2.05, 4.69) is 5.10 Å². The van der Waals surface area contributed by atoms with Crippen LogP contribution in [-0.4, -0.2) is 51.0 Å². The second-order valence-electron chi connectivity index (χ2n) is 6.46. The van der Waals surface area contributed by atoms with Crippen molar-refractivity contribution in [3.63, 3.8) is 0 Å². The first kappa shape index (κ1) is 19.2. The van der Waals surface area contributed by atoms with Crippen LogP contribution in [0.1, 0.15) is 12.8 Å². The topological polar surface area (TPSA) is 92.5 Å². The van der Waals surface area contributed by atoms with Crippen molar-refractivity contribution >= 4 is 23.6 Å². The lowest BCUT2D eigenvalue weighted by atomic mass is 9.98. The maximum absolute atomic E-state index is 12.5. The Hall–Kier alpha value is -2.61. The third kappa shape index (κ3) is 4.57. The molecule has 1 aliphatic rings. The molecule has 8 heteroatoms. The van der Waals surface area contributed by atoms with Gasteiger partial charge in [0, 0.05) is 29.6 Å². The monoisotopic (exact) mass is 387 g/mol. The molecule has 1 saturated heterocycles. The number of amides is 1. The molecule has 0 aliphatic carbocycles. The molecule has 1 aromatic carbocycles. The summed E-state index contributed by atoms with van der Waals surface area (Å²) in [5, 5.41) is 13.5. The van der Waals surface area contributed by atoms with E-state index in [1.165, 1.54) is 11.0 Å². The first-order chi connectivity index (χ1) is 13.0. The molecule has 1 fully saturated rings. The normalized spacial score (nSPS) is 16.9. The summed E-state index contributed by atoms with van der Waals surface area (Å²) in [6, 6.07) is 10.8. The molecule has 2 heterocycles. The number of aliphatic carboxylic acids is 1. The maximum Gasteiger partial charge on any atom is 0.308 e. The molecule has 1 aromatic heterocycles. The first-order valence-electron chi connectivity index (χ1n) is 8.71. The zero-order valence-electron chi connectivity index (χ0n) is 15.0. The van der Waals surface area contributed by atoms with Crippen LogP contribution in [0.25, 0.3) is 11.3 Å². The number of thioether (sulfide) groups is 1. The second kappa shape index (κ2) is 8.39. The van der Waals surface area contributed by atoms with Crippen LogP contribution in [-0.2, 0) is 16.1 Å². The third-order valence-corrected chi connectivity index (χ3v) is 5.40.